The van der Waals surface area contributed by atoms with Gasteiger partial charge in [-0.2, -0.15) is 0 Å². The first-order chi connectivity index (χ1) is 12.6. The van der Waals surface area contributed by atoms with E-state index in [1.165, 1.54) is 0 Å². The molecule has 3 rings (SSSR count). The molecule has 0 bridgehead atoms. The van der Waals surface area contributed by atoms with Crippen LogP contribution in [0.5, 0.6) is 0 Å². The van der Waals surface area contributed by atoms with Crippen LogP contribution in [0.4, 0.5) is 11.4 Å². The summed E-state index contributed by atoms with van der Waals surface area (Å²) in [6.07, 6.45) is 0. The SMILES string of the molecule is Cc1cc(C)cc(N2C(=O)CS[C@@H]2c2cccc(NC(=O)C(C)(C)C)c2)c1. The summed E-state index contributed by atoms with van der Waals surface area (Å²) in [6.45, 7) is 9.75. The zero-order valence-electron chi connectivity index (χ0n) is 16.5. The van der Waals surface area contributed by atoms with Crippen LogP contribution in [-0.4, -0.2) is 17.6 Å². The highest BCUT2D eigenvalue weighted by Crippen LogP contribution is 2.42. The van der Waals surface area contributed by atoms with Crippen molar-refractivity contribution in [3.05, 3.63) is 59.2 Å². The van der Waals surface area contributed by atoms with Gasteiger partial charge in [0.15, 0.2) is 0 Å². The Morgan fingerprint density at radius 1 is 1.11 bits per heavy atom. The first kappa shape index (κ1) is 19.5. The smallest absolute Gasteiger partial charge is 0.238 e. The van der Waals surface area contributed by atoms with Gasteiger partial charge in [-0.3, -0.25) is 14.5 Å². The number of amides is 2. The maximum atomic E-state index is 12.6. The van der Waals surface area contributed by atoms with Gasteiger partial charge in [-0.15, -0.1) is 11.8 Å². The number of benzene rings is 2. The van der Waals surface area contributed by atoms with Crippen LogP contribution in [0, 0.1) is 19.3 Å². The second-order valence-electron chi connectivity index (χ2n) is 8.10. The van der Waals surface area contributed by atoms with Gasteiger partial charge in [0.25, 0.3) is 0 Å². The number of thioether (sulfide) groups is 1. The fourth-order valence-electron chi connectivity index (χ4n) is 3.13. The summed E-state index contributed by atoms with van der Waals surface area (Å²) in [6, 6.07) is 14.0. The number of hydrogen-bond acceptors (Lipinski definition) is 3. The third kappa shape index (κ3) is 4.35. The molecule has 1 fully saturated rings. The number of rotatable bonds is 3. The van der Waals surface area contributed by atoms with Gasteiger partial charge in [0.1, 0.15) is 5.37 Å². The number of nitrogens with zero attached hydrogens (tertiary/aromatic N) is 1. The van der Waals surface area contributed by atoms with Gasteiger partial charge in [-0.1, -0.05) is 39.0 Å². The minimum atomic E-state index is -0.459. The highest BCUT2D eigenvalue weighted by atomic mass is 32.2. The highest BCUT2D eigenvalue weighted by molar-refractivity contribution is 8.00. The highest BCUT2D eigenvalue weighted by Gasteiger charge is 2.34. The molecule has 0 aromatic heterocycles. The van der Waals surface area contributed by atoms with E-state index in [4.69, 9.17) is 0 Å². The molecule has 1 saturated heterocycles. The van der Waals surface area contributed by atoms with E-state index in [1.54, 1.807) is 11.8 Å². The van der Waals surface area contributed by atoms with Gasteiger partial charge in [0, 0.05) is 16.8 Å². The Bertz CT molecular complexity index is 866. The van der Waals surface area contributed by atoms with E-state index >= 15 is 0 Å². The summed E-state index contributed by atoms with van der Waals surface area (Å²) in [7, 11) is 0. The molecule has 0 radical (unpaired) electrons. The van der Waals surface area contributed by atoms with Crippen molar-refractivity contribution in [2.45, 2.75) is 40.0 Å². The standard InChI is InChI=1S/C22H26N2O2S/c1-14-9-15(2)11-18(10-14)24-19(25)13-27-20(24)16-7-6-8-17(12-16)23-21(26)22(3,4)5/h6-12,20H,13H2,1-5H3,(H,23,26)/t20-/m1/s1. The lowest BCUT2D eigenvalue weighted by Gasteiger charge is -2.26. The maximum Gasteiger partial charge on any atom is 0.238 e. The lowest BCUT2D eigenvalue weighted by Crippen LogP contribution is -2.29. The van der Waals surface area contributed by atoms with Crippen LogP contribution in [0.15, 0.2) is 42.5 Å². The summed E-state index contributed by atoms with van der Waals surface area (Å²) in [5.41, 5.74) is 4.51. The molecular weight excluding hydrogens is 356 g/mol. The number of carbonyl (C=O) groups is 2. The van der Waals surface area contributed by atoms with E-state index in [1.807, 2.05) is 63.8 Å². The van der Waals surface area contributed by atoms with Crippen LogP contribution in [0.3, 0.4) is 0 Å². The van der Waals surface area contributed by atoms with E-state index in [-0.39, 0.29) is 17.2 Å². The lowest BCUT2D eigenvalue weighted by molar-refractivity contribution is -0.123. The summed E-state index contributed by atoms with van der Waals surface area (Å²) in [4.78, 5) is 26.8. The normalized spacial score (nSPS) is 17.3. The molecule has 2 aromatic carbocycles. The number of carbonyl (C=O) groups excluding carboxylic acids is 2. The van der Waals surface area contributed by atoms with Gasteiger partial charge < -0.3 is 5.32 Å². The fraction of sp³-hybridized carbons (Fsp3) is 0.364. The number of hydrogen-bond donors (Lipinski definition) is 1. The summed E-state index contributed by atoms with van der Waals surface area (Å²) in [5.74, 6) is 0.538. The Labute approximate surface area is 165 Å². The van der Waals surface area contributed by atoms with Crippen LogP contribution < -0.4 is 10.2 Å². The van der Waals surface area contributed by atoms with E-state index < -0.39 is 5.41 Å². The van der Waals surface area contributed by atoms with Gasteiger partial charge in [-0.25, -0.2) is 0 Å². The van der Waals surface area contributed by atoms with Crippen LogP contribution in [0.1, 0.15) is 42.8 Å². The first-order valence-corrected chi connectivity index (χ1v) is 10.1. The monoisotopic (exact) mass is 382 g/mol. The van der Waals surface area contributed by atoms with Gasteiger partial charge in [-0.05, 0) is 54.8 Å². The first-order valence-electron chi connectivity index (χ1n) is 9.08. The molecule has 4 nitrogen and oxygen atoms in total. The largest absolute Gasteiger partial charge is 0.326 e. The Morgan fingerprint density at radius 3 is 2.41 bits per heavy atom. The molecule has 1 aliphatic heterocycles. The number of anilines is 2. The van der Waals surface area contributed by atoms with Crippen molar-refractivity contribution in [3.8, 4) is 0 Å². The quantitative estimate of drug-likeness (QED) is 0.806. The van der Waals surface area contributed by atoms with E-state index in [0.717, 1.165) is 28.1 Å². The molecule has 1 N–H and O–H groups in total. The van der Waals surface area contributed by atoms with Crippen molar-refractivity contribution >= 4 is 35.0 Å². The minimum absolute atomic E-state index is 0.0269. The molecule has 0 saturated carbocycles. The number of aryl methyl sites for hydroxylation is 2. The average Bonchev–Trinajstić information content (AvgIpc) is 2.95. The summed E-state index contributed by atoms with van der Waals surface area (Å²) < 4.78 is 0. The molecule has 27 heavy (non-hydrogen) atoms. The zero-order valence-corrected chi connectivity index (χ0v) is 17.3. The van der Waals surface area contributed by atoms with Crippen LogP contribution in [0.25, 0.3) is 0 Å². The fourth-order valence-corrected chi connectivity index (χ4v) is 4.30. The van der Waals surface area contributed by atoms with Gasteiger partial charge in [0.05, 0.1) is 5.75 Å². The third-order valence-corrected chi connectivity index (χ3v) is 5.68. The Balaban J connectivity index is 1.92. The van der Waals surface area contributed by atoms with Crippen molar-refractivity contribution in [2.75, 3.05) is 16.0 Å². The molecule has 2 aromatic rings. The van der Waals surface area contributed by atoms with Crippen molar-refractivity contribution in [2.24, 2.45) is 5.41 Å². The molecule has 0 unspecified atom stereocenters. The average molecular weight is 383 g/mol. The van der Waals surface area contributed by atoms with Crippen LogP contribution >= 0.6 is 11.8 Å². The molecule has 0 aliphatic carbocycles. The lowest BCUT2D eigenvalue weighted by atomic mass is 9.95. The predicted octanol–water partition coefficient (Wildman–Crippen LogP) is 5.07. The number of nitrogens with one attached hydrogen (secondary N) is 1. The molecular formula is C22H26N2O2S. The van der Waals surface area contributed by atoms with E-state index in [9.17, 15) is 9.59 Å². The second kappa shape index (κ2) is 7.39. The van der Waals surface area contributed by atoms with Gasteiger partial charge in [0.2, 0.25) is 11.8 Å². The topological polar surface area (TPSA) is 49.4 Å². The van der Waals surface area contributed by atoms with Crippen LogP contribution in [0.2, 0.25) is 0 Å². The van der Waals surface area contributed by atoms with Crippen molar-refractivity contribution < 1.29 is 9.59 Å². The van der Waals surface area contributed by atoms with Crippen molar-refractivity contribution in [3.63, 3.8) is 0 Å². The Morgan fingerprint density at radius 2 is 1.78 bits per heavy atom. The molecule has 1 atom stereocenters. The molecule has 1 heterocycles. The molecule has 1 aliphatic rings. The summed E-state index contributed by atoms with van der Waals surface area (Å²) in [5, 5.41) is 2.89. The van der Waals surface area contributed by atoms with Crippen LogP contribution in [-0.2, 0) is 9.59 Å². The molecule has 5 heteroatoms. The second-order valence-corrected chi connectivity index (χ2v) is 9.17. The zero-order chi connectivity index (χ0) is 19.8. The maximum absolute atomic E-state index is 12.6. The predicted molar refractivity (Wildman–Crippen MR) is 113 cm³/mol. The van der Waals surface area contributed by atoms with E-state index in [2.05, 4.69) is 23.5 Å². The molecule has 2 amide bonds. The molecule has 0 spiro atoms. The van der Waals surface area contributed by atoms with Crippen molar-refractivity contribution in [1.29, 1.82) is 0 Å². The minimum Gasteiger partial charge on any atom is -0.326 e. The van der Waals surface area contributed by atoms with Crippen molar-refractivity contribution in [1.82, 2.24) is 0 Å². The Hall–Kier alpha value is -2.27. The third-order valence-electron chi connectivity index (χ3n) is 4.46. The summed E-state index contributed by atoms with van der Waals surface area (Å²) >= 11 is 1.62. The van der Waals surface area contributed by atoms with E-state index in [0.29, 0.717) is 5.75 Å². The Kier molecular flexibility index (Phi) is 5.33. The van der Waals surface area contributed by atoms with Gasteiger partial charge >= 0.3 is 0 Å². The molecule has 142 valence electrons.